The zero-order valence-electron chi connectivity index (χ0n) is 14.4. The maximum atomic E-state index is 12.4. The number of carbonyl (C=O) groups is 1. The molecule has 24 heavy (non-hydrogen) atoms. The number of ether oxygens (including phenoxy) is 1. The van der Waals surface area contributed by atoms with Gasteiger partial charge in [0, 0.05) is 16.8 Å². The first-order chi connectivity index (χ1) is 11.4. The van der Waals surface area contributed by atoms with Crippen LogP contribution in [0.3, 0.4) is 0 Å². The number of halogens is 1. The van der Waals surface area contributed by atoms with Crippen molar-refractivity contribution in [2.75, 3.05) is 17.7 Å². The van der Waals surface area contributed by atoms with Gasteiger partial charge in [0.2, 0.25) is 5.91 Å². The molecule has 0 heterocycles. The van der Waals surface area contributed by atoms with Crippen molar-refractivity contribution in [3.8, 4) is 5.75 Å². The van der Waals surface area contributed by atoms with Crippen molar-refractivity contribution in [2.45, 2.75) is 33.2 Å². The molecule has 1 atom stereocenters. The third kappa shape index (κ3) is 4.42. The van der Waals surface area contributed by atoms with Crippen molar-refractivity contribution in [3.05, 3.63) is 52.5 Å². The fourth-order valence-corrected chi connectivity index (χ4v) is 2.47. The van der Waals surface area contributed by atoms with E-state index < -0.39 is 6.04 Å². The highest BCUT2D eigenvalue weighted by Crippen LogP contribution is 2.31. The normalized spacial score (nSPS) is 11.7. The van der Waals surface area contributed by atoms with Crippen LogP contribution in [0.25, 0.3) is 0 Å². The second-order valence-corrected chi connectivity index (χ2v) is 6.11. The van der Waals surface area contributed by atoms with Crippen LogP contribution in [0.5, 0.6) is 5.75 Å². The topological polar surface area (TPSA) is 50.4 Å². The number of rotatable bonds is 6. The molecule has 2 N–H and O–H groups in total. The van der Waals surface area contributed by atoms with Crippen molar-refractivity contribution >= 4 is 28.9 Å². The molecule has 5 heteroatoms. The Morgan fingerprint density at radius 1 is 1.25 bits per heavy atom. The molecule has 2 aromatic rings. The van der Waals surface area contributed by atoms with Gasteiger partial charge in [-0.1, -0.05) is 30.7 Å². The van der Waals surface area contributed by atoms with Gasteiger partial charge in [0.25, 0.3) is 0 Å². The Hall–Kier alpha value is -2.20. The third-order valence-electron chi connectivity index (χ3n) is 3.88. The van der Waals surface area contributed by atoms with Crippen LogP contribution in [-0.2, 0) is 11.2 Å². The molecule has 0 aliphatic rings. The lowest BCUT2D eigenvalue weighted by Crippen LogP contribution is -2.32. The van der Waals surface area contributed by atoms with E-state index in [1.165, 1.54) is 5.56 Å². The fourth-order valence-electron chi connectivity index (χ4n) is 2.32. The van der Waals surface area contributed by atoms with E-state index in [1.807, 2.05) is 37.3 Å². The van der Waals surface area contributed by atoms with E-state index in [9.17, 15) is 4.79 Å². The Labute approximate surface area is 148 Å². The van der Waals surface area contributed by atoms with Crippen molar-refractivity contribution in [2.24, 2.45) is 0 Å². The molecule has 128 valence electrons. The van der Waals surface area contributed by atoms with Crippen molar-refractivity contribution in [3.63, 3.8) is 0 Å². The summed E-state index contributed by atoms with van der Waals surface area (Å²) in [7, 11) is 1.58. The zero-order valence-corrected chi connectivity index (χ0v) is 15.2. The number of carbonyl (C=O) groups excluding carboxylic acids is 1. The van der Waals surface area contributed by atoms with Gasteiger partial charge in [0.1, 0.15) is 11.8 Å². The van der Waals surface area contributed by atoms with Crippen LogP contribution in [0.1, 0.15) is 25.0 Å². The summed E-state index contributed by atoms with van der Waals surface area (Å²) in [6, 6.07) is 11.0. The quantitative estimate of drug-likeness (QED) is 0.799. The SMILES string of the molecule is CCc1ccc(NC(=O)C(C)Nc2cc(C)c(Cl)cc2OC)cc1. The molecular formula is C19H23ClN2O2. The van der Waals surface area contributed by atoms with Gasteiger partial charge in [-0.25, -0.2) is 0 Å². The van der Waals surface area contributed by atoms with Gasteiger partial charge >= 0.3 is 0 Å². The number of aryl methyl sites for hydroxylation is 2. The minimum Gasteiger partial charge on any atom is -0.495 e. The monoisotopic (exact) mass is 346 g/mol. The maximum absolute atomic E-state index is 12.4. The van der Waals surface area contributed by atoms with Gasteiger partial charge in [0.05, 0.1) is 12.8 Å². The molecule has 1 unspecified atom stereocenters. The van der Waals surface area contributed by atoms with Gasteiger partial charge in [-0.15, -0.1) is 0 Å². The van der Waals surface area contributed by atoms with Gasteiger partial charge in [0.15, 0.2) is 0 Å². The molecule has 4 nitrogen and oxygen atoms in total. The lowest BCUT2D eigenvalue weighted by molar-refractivity contribution is -0.116. The summed E-state index contributed by atoms with van der Waals surface area (Å²) in [5, 5.41) is 6.71. The van der Waals surface area contributed by atoms with Gasteiger partial charge in [-0.3, -0.25) is 4.79 Å². The van der Waals surface area contributed by atoms with Crippen LogP contribution in [0.2, 0.25) is 5.02 Å². The largest absolute Gasteiger partial charge is 0.495 e. The molecule has 1 amide bonds. The number of amides is 1. The zero-order chi connectivity index (χ0) is 17.7. The van der Waals surface area contributed by atoms with E-state index in [0.29, 0.717) is 10.8 Å². The van der Waals surface area contributed by atoms with E-state index in [4.69, 9.17) is 16.3 Å². The Morgan fingerprint density at radius 3 is 2.50 bits per heavy atom. The van der Waals surface area contributed by atoms with E-state index in [2.05, 4.69) is 17.6 Å². The number of methoxy groups -OCH3 is 1. The van der Waals surface area contributed by atoms with Crippen LogP contribution in [0.15, 0.2) is 36.4 Å². The molecule has 0 bridgehead atoms. The molecule has 0 aliphatic heterocycles. The van der Waals surface area contributed by atoms with Gasteiger partial charge in [-0.05, 0) is 49.6 Å². The minimum absolute atomic E-state index is 0.117. The van der Waals surface area contributed by atoms with Crippen molar-refractivity contribution in [1.29, 1.82) is 0 Å². The number of benzene rings is 2. The number of nitrogens with one attached hydrogen (secondary N) is 2. The first-order valence-corrected chi connectivity index (χ1v) is 8.32. The van der Waals surface area contributed by atoms with E-state index in [0.717, 1.165) is 23.4 Å². The third-order valence-corrected chi connectivity index (χ3v) is 4.28. The molecule has 0 aromatic heterocycles. The maximum Gasteiger partial charge on any atom is 0.246 e. The fraction of sp³-hybridized carbons (Fsp3) is 0.316. The molecule has 0 spiro atoms. The summed E-state index contributed by atoms with van der Waals surface area (Å²) < 4.78 is 5.33. The van der Waals surface area contributed by atoms with Crippen molar-refractivity contribution in [1.82, 2.24) is 0 Å². The second kappa shape index (κ2) is 8.06. The highest BCUT2D eigenvalue weighted by molar-refractivity contribution is 6.31. The van der Waals surface area contributed by atoms with E-state index in [1.54, 1.807) is 20.1 Å². The van der Waals surface area contributed by atoms with Crippen LogP contribution < -0.4 is 15.4 Å². The molecule has 0 saturated carbocycles. The highest BCUT2D eigenvalue weighted by Gasteiger charge is 2.16. The van der Waals surface area contributed by atoms with E-state index >= 15 is 0 Å². The first kappa shape index (κ1) is 18.1. The average molecular weight is 347 g/mol. The van der Waals surface area contributed by atoms with Crippen molar-refractivity contribution < 1.29 is 9.53 Å². The molecular weight excluding hydrogens is 324 g/mol. The molecule has 2 aromatic carbocycles. The second-order valence-electron chi connectivity index (χ2n) is 5.71. The molecule has 0 radical (unpaired) electrons. The summed E-state index contributed by atoms with van der Waals surface area (Å²) in [6.45, 7) is 5.81. The minimum atomic E-state index is -0.426. The molecule has 0 aliphatic carbocycles. The summed E-state index contributed by atoms with van der Waals surface area (Å²) in [4.78, 5) is 12.4. The van der Waals surface area contributed by atoms with Gasteiger partial charge in [-0.2, -0.15) is 0 Å². The number of hydrogen-bond donors (Lipinski definition) is 2. The van der Waals surface area contributed by atoms with Crippen LogP contribution in [0, 0.1) is 6.92 Å². The molecule has 0 fully saturated rings. The van der Waals surface area contributed by atoms with Crippen LogP contribution in [0.4, 0.5) is 11.4 Å². The molecule has 0 saturated heterocycles. The lowest BCUT2D eigenvalue weighted by Gasteiger charge is -2.18. The number of anilines is 2. The predicted molar refractivity (Wildman–Crippen MR) is 100 cm³/mol. The predicted octanol–water partition coefficient (Wildman–Crippen LogP) is 4.66. The Kier molecular flexibility index (Phi) is 6.10. The summed E-state index contributed by atoms with van der Waals surface area (Å²) >= 11 is 6.11. The summed E-state index contributed by atoms with van der Waals surface area (Å²) in [5.41, 5.74) is 3.68. The van der Waals surface area contributed by atoms with E-state index in [-0.39, 0.29) is 5.91 Å². The Bertz CT molecular complexity index is 714. The number of hydrogen-bond acceptors (Lipinski definition) is 3. The summed E-state index contributed by atoms with van der Waals surface area (Å²) in [5.74, 6) is 0.492. The first-order valence-electron chi connectivity index (χ1n) is 7.95. The lowest BCUT2D eigenvalue weighted by atomic mass is 10.1. The average Bonchev–Trinajstić information content (AvgIpc) is 2.58. The smallest absolute Gasteiger partial charge is 0.246 e. The van der Waals surface area contributed by atoms with Crippen LogP contribution >= 0.6 is 11.6 Å². The van der Waals surface area contributed by atoms with Crippen LogP contribution in [-0.4, -0.2) is 19.1 Å². The standard InChI is InChI=1S/C19H23ClN2O2/c1-5-14-6-8-15(9-7-14)22-19(23)13(3)21-17-10-12(2)16(20)11-18(17)24-4/h6-11,13,21H,5H2,1-4H3,(H,22,23). The Balaban J connectivity index is 2.07. The molecule has 2 rings (SSSR count). The van der Waals surface area contributed by atoms with Gasteiger partial charge < -0.3 is 15.4 Å². The Morgan fingerprint density at radius 2 is 1.92 bits per heavy atom. The summed E-state index contributed by atoms with van der Waals surface area (Å²) in [6.07, 6.45) is 0.974. The highest BCUT2D eigenvalue weighted by atomic mass is 35.5.